The number of esters is 1. The molecule has 2 aromatic carbocycles. The number of aromatic nitrogens is 1. The van der Waals surface area contributed by atoms with Crippen molar-refractivity contribution < 1.29 is 14.3 Å². The molecule has 0 saturated carbocycles. The molecular formula is C23H28N2O3S. The Hall–Kier alpha value is -2.60. The lowest BCUT2D eigenvalue weighted by molar-refractivity contribution is 0.0526. The summed E-state index contributed by atoms with van der Waals surface area (Å²) < 4.78 is 12.0. The molecule has 0 spiro atoms. The third kappa shape index (κ3) is 4.37. The van der Waals surface area contributed by atoms with Crippen molar-refractivity contribution >= 4 is 38.3 Å². The van der Waals surface area contributed by atoms with Crippen LogP contribution in [0.3, 0.4) is 0 Å². The van der Waals surface area contributed by atoms with Gasteiger partial charge in [-0.2, -0.15) is 0 Å². The zero-order chi connectivity index (χ0) is 21.1. The minimum absolute atomic E-state index is 0.311. The van der Waals surface area contributed by atoms with Crippen molar-refractivity contribution in [1.29, 1.82) is 0 Å². The molecule has 1 heterocycles. The fourth-order valence-corrected chi connectivity index (χ4v) is 4.51. The Labute approximate surface area is 176 Å². The molecule has 0 saturated heterocycles. The normalized spacial score (nSPS) is 11.3. The number of carbonyl (C=O) groups is 1. The van der Waals surface area contributed by atoms with Gasteiger partial charge in [0, 0.05) is 11.3 Å². The van der Waals surface area contributed by atoms with Crippen LogP contribution in [0, 0.1) is 0 Å². The van der Waals surface area contributed by atoms with Crippen molar-refractivity contribution in [2.75, 3.05) is 19.0 Å². The van der Waals surface area contributed by atoms with E-state index in [4.69, 9.17) is 14.5 Å². The van der Waals surface area contributed by atoms with Gasteiger partial charge in [-0.15, -0.1) is 0 Å². The van der Waals surface area contributed by atoms with Gasteiger partial charge in [0.05, 0.1) is 29.5 Å². The number of methoxy groups -OCH3 is 1. The van der Waals surface area contributed by atoms with Crippen molar-refractivity contribution in [2.45, 2.75) is 46.5 Å². The second-order valence-corrected chi connectivity index (χ2v) is 8.51. The Morgan fingerprint density at radius 3 is 2.38 bits per heavy atom. The van der Waals surface area contributed by atoms with Crippen LogP contribution in [-0.4, -0.2) is 24.7 Å². The van der Waals surface area contributed by atoms with Gasteiger partial charge in [-0.25, -0.2) is 9.78 Å². The van der Waals surface area contributed by atoms with Gasteiger partial charge in [0.25, 0.3) is 0 Å². The van der Waals surface area contributed by atoms with E-state index < -0.39 is 0 Å². The number of fused-ring (bicyclic) bond motifs is 1. The van der Waals surface area contributed by atoms with Gasteiger partial charge in [-0.05, 0) is 54.7 Å². The Balaban J connectivity index is 1.97. The first-order valence-corrected chi connectivity index (χ1v) is 10.7. The van der Waals surface area contributed by atoms with E-state index in [9.17, 15) is 4.79 Å². The lowest BCUT2D eigenvalue weighted by atomic mass is 9.93. The first-order chi connectivity index (χ1) is 13.8. The van der Waals surface area contributed by atoms with Crippen LogP contribution in [0.2, 0.25) is 0 Å². The largest absolute Gasteiger partial charge is 0.496 e. The van der Waals surface area contributed by atoms with Crippen molar-refractivity contribution in [3.05, 3.63) is 47.0 Å². The summed E-state index contributed by atoms with van der Waals surface area (Å²) in [7, 11) is 1.74. The Kier molecular flexibility index (Phi) is 6.42. The molecule has 6 heteroatoms. The number of anilines is 2. The van der Waals surface area contributed by atoms with Crippen molar-refractivity contribution in [3.8, 4) is 5.75 Å². The number of nitrogens with zero attached hydrogens (tertiary/aromatic N) is 1. The van der Waals surface area contributed by atoms with Crippen LogP contribution in [-0.2, 0) is 4.74 Å². The quantitative estimate of drug-likeness (QED) is 0.451. The van der Waals surface area contributed by atoms with E-state index in [1.807, 2.05) is 12.1 Å². The van der Waals surface area contributed by atoms with Crippen molar-refractivity contribution in [1.82, 2.24) is 4.98 Å². The molecule has 1 aromatic heterocycles. The summed E-state index contributed by atoms with van der Waals surface area (Å²) in [6.07, 6.45) is 0. The topological polar surface area (TPSA) is 60.5 Å². The maximum absolute atomic E-state index is 11.8. The number of ether oxygens (including phenoxy) is 2. The second-order valence-electron chi connectivity index (χ2n) is 7.51. The van der Waals surface area contributed by atoms with Crippen LogP contribution in [0.5, 0.6) is 5.75 Å². The summed E-state index contributed by atoms with van der Waals surface area (Å²) in [5.74, 6) is 1.33. The molecule has 0 unspecified atom stereocenters. The standard InChI is InChI=1S/C23H28N2O3S/c1-7-28-22(26)15-8-10-16(11-9-15)24-23-25-18-12-17(13(2)3)20(27-6)19(14(4)5)21(18)29-23/h8-14H,7H2,1-6H3,(H,24,25). The van der Waals surface area contributed by atoms with Gasteiger partial charge < -0.3 is 14.8 Å². The zero-order valence-electron chi connectivity index (χ0n) is 17.8. The molecule has 0 aliphatic carbocycles. The fourth-order valence-electron chi connectivity index (χ4n) is 3.36. The van der Waals surface area contributed by atoms with Crippen molar-refractivity contribution in [2.24, 2.45) is 0 Å². The first kappa shape index (κ1) is 21.1. The molecule has 29 heavy (non-hydrogen) atoms. The molecule has 0 bridgehead atoms. The highest BCUT2D eigenvalue weighted by Gasteiger charge is 2.21. The Morgan fingerprint density at radius 1 is 1.14 bits per heavy atom. The van der Waals surface area contributed by atoms with E-state index in [2.05, 4.69) is 39.1 Å². The number of carbonyl (C=O) groups excluding carboxylic acids is 1. The smallest absolute Gasteiger partial charge is 0.338 e. The number of hydrogen-bond donors (Lipinski definition) is 1. The summed E-state index contributed by atoms with van der Waals surface area (Å²) in [4.78, 5) is 16.6. The summed E-state index contributed by atoms with van der Waals surface area (Å²) in [5, 5.41) is 4.17. The lowest BCUT2D eigenvalue weighted by Gasteiger charge is -2.18. The predicted octanol–water partition coefficient (Wildman–Crippen LogP) is 6.47. The second kappa shape index (κ2) is 8.82. The van der Waals surface area contributed by atoms with E-state index in [1.54, 1.807) is 37.5 Å². The van der Waals surface area contributed by atoms with Crippen LogP contribution >= 0.6 is 11.3 Å². The maximum atomic E-state index is 11.8. The third-order valence-corrected chi connectivity index (χ3v) is 5.77. The molecule has 1 N–H and O–H groups in total. The molecule has 0 fully saturated rings. The fraction of sp³-hybridized carbons (Fsp3) is 0.391. The lowest BCUT2D eigenvalue weighted by Crippen LogP contribution is -2.04. The Bertz CT molecular complexity index is 1010. The Morgan fingerprint density at radius 2 is 1.83 bits per heavy atom. The van der Waals surface area contributed by atoms with E-state index in [1.165, 1.54) is 11.1 Å². The van der Waals surface area contributed by atoms with Crippen LogP contribution in [0.25, 0.3) is 10.2 Å². The molecule has 5 nitrogen and oxygen atoms in total. The van der Waals surface area contributed by atoms with E-state index >= 15 is 0 Å². The van der Waals surface area contributed by atoms with Gasteiger partial charge in [0.2, 0.25) is 0 Å². The van der Waals surface area contributed by atoms with Crippen LogP contribution in [0.15, 0.2) is 30.3 Å². The molecule has 0 radical (unpaired) electrons. The molecule has 3 rings (SSSR count). The SMILES string of the molecule is CCOC(=O)c1ccc(Nc2nc3cc(C(C)C)c(OC)c(C(C)C)c3s2)cc1. The molecule has 0 aliphatic heterocycles. The van der Waals surface area contributed by atoms with Crippen LogP contribution < -0.4 is 10.1 Å². The van der Waals surface area contributed by atoms with Gasteiger partial charge >= 0.3 is 5.97 Å². The number of thiazole rings is 1. The molecule has 154 valence electrons. The number of nitrogens with one attached hydrogen (secondary N) is 1. The van der Waals surface area contributed by atoms with E-state index in [0.29, 0.717) is 24.0 Å². The minimum atomic E-state index is -0.311. The molecule has 3 aromatic rings. The van der Waals surface area contributed by atoms with Crippen molar-refractivity contribution in [3.63, 3.8) is 0 Å². The van der Waals surface area contributed by atoms with Gasteiger partial charge in [-0.1, -0.05) is 39.0 Å². The number of rotatable bonds is 7. The summed E-state index contributed by atoms with van der Waals surface area (Å²) >= 11 is 1.62. The minimum Gasteiger partial charge on any atom is -0.496 e. The molecule has 0 amide bonds. The van der Waals surface area contributed by atoms with E-state index in [-0.39, 0.29) is 5.97 Å². The van der Waals surface area contributed by atoms with Crippen LogP contribution in [0.4, 0.5) is 10.8 Å². The highest BCUT2D eigenvalue weighted by atomic mass is 32.1. The maximum Gasteiger partial charge on any atom is 0.338 e. The molecule has 0 atom stereocenters. The number of benzene rings is 2. The average molecular weight is 413 g/mol. The predicted molar refractivity (Wildman–Crippen MR) is 120 cm³/mol. The summed E-state index contributed by atoms with van der Waals surface area (Å²) in [6, 6.07) is 9.38. The third-order valence-electron chi connectivity index (χ3n) is 4.75. The molecular weight excluding hydrogens is 384 g/mol. The zero-order valence-corrected chi connectivity index (χ0v) is 18.6. The highest BCUT2D eigenvalue weighted by Crippen LogP contribution is 2.43. The number of hydrogen-bond acceptors (Lipinski definition) is 6. The average Bonchev–Trinajstić information content (AvgIpc) is 3.08. The first-order valence-electron chi connectivity index (χ1n) is 9.91. The van der Waals surface area contributed by atoms with E-state index in [0.717, 1.165) is 26.8 Å². The summed E-state index contributed by atoms with van der Waals surface area (Å²) in [5.41, 5.74) is 4.78. The van der Waals surface area contributed by atoms with Crippen LogP contribution in [0.1, 0.15) is 67.9 Å². The summed E-state index contributed by atoms with van der Waals surface area (Å²) in [6.45, 7) is 10.9. The van der Waals surface area contributed by atoms with Gasteiger partial charge in [0.15, 0.2) is 5.13 Å². The molecule has 0 aliphatic rings. The monoisotopic (exact) mass is 412 g/mol. The van der Waals surface area contributed by atoms with Gasteiger partial charge in [0.1, 0.15) is 5.75 Å². The van der Waals surface area contributed by atoms with Gasteiger partial charge in [-0.3, -0.25) is 0 Å². The highest BCUT2D eigenvalue weighted by molar-refractivity contribution is 7.22.